The molecule has 13 heteroatoms. The molecule has 2 amide bonds. The van der Waals surface area contributed by atoms with E-state index in [1.165, 1.54) is 0 Å². The quantitative estimate of drug-likeness (QED) is 0.357. The highest BCUT2D eigenvalue weighted by Gasteiger charge is 2.38. The molecule has 0 saturated carbocycles. The van der Waals surface area contributed by atoms with Crippen LogP contribution in [0.5, 0.6) is 0 Å². The average Bonchev–Trinajstić information content (AvgIpc) is 3.08. The molecule has 164 valence electrons. The average molecular weight is 432 g/mol. The normalized spacial score (nSPS) is 11.7. The van der Waals surface area contributed by atoms with E-state index in [-0.39, 0.29) is 13.0 Å². The van der Waals surface area contributed by atoms with Gasteiger partial charge in [0.15, 0.2) is 0 Å². The second-order valence-electron chi connectivity index (χ2n) is 5.80. The molecular formula is C17H19F3N4O6. The summed E-state index contributed by atoms with van der Waals surface area (Å²) in [6.45, 7) is -0.766. The molecule has 0 saturated heterocycles. The van der Waals surface area contributed by atoms with Gasteiger partial charge in [-0.05, 0) is 11.6 Å². The van der Waals surface area contributed by atoms with Gasteiger partial charge in [-0.1, -0.05) is 18.2 Å². The lowest BCUT2D eigenvalue weighted by molar-refractivity contribution is -0.192. The predicted molar refractivity (Wildman–Crippen MR) is 97.3 cm³/mol. The van der Waals surface area contributed by atoms with Crippen molar-refractivity contribution in [3.63, 3.8) is 0 Å². The fraction of sp³-hybridized carbons (Fsp3) is 0.294. The standard InChI is InChI=1S/C15H18N4O4.C2HF3O2/c16-6-13(20)19-12(15(23)18-8-14(21)22)5-9-7-17-11-4-2-1-3-10(9)11;3-2(4,5)1(6)7/h1-4,7,12,17H,5-6,8,16H2,(H,18,23)(H,19,20)(H,21,22);(H,6,7). The van der Waals surface area contributed by atoms with Crippen LogP contribution in [0, 0.1) is 0 Å². The minimum Gasteiger partial charge on any atom is -0.480 e. The first kappa shape index (κ1) is 24.4. The van der Waals surface area contributed by atoms with Crippen LogP contribution in [-0.2, 0) is 25.6 Å². The Kier molecular flexibility index (Phi) is 8.80. The van der Waals surface area contributed by atoms with Gasteiger partial charge in [-0.2, -0.15) is 13.2 Å². The Morgan fingerprint density at radius 2 is 1.73 bits per heavy atom. The predicted octanol–water partition coefficient (Wildman–Crippen LogP) is -0.0120. The van der Waals surface area contributed by atoms with Gasteiger partial charge in [0, 0.05) is 23.5 Å². The third-order valence-corrected chi connectivity index (χ3v) is 3.59. The van der Waals surface area contributed by atoms with E-state index in [1.54, 1.807) is 6.20 Å². The molecule has 1 heterocycles. The van der Waals surface area contributed by atoms with Crippen LogP contribution in [0.3, 0.4) is 0 Å². The Morgan fingerprint density at radius 1 is 1.13 bits per heavy atom. The van der Waals surface area contributed by atoms with E-state index < -0.39 is 42.5 Å². The highest BCUT2D eigenvalue weighted by Crippen LogP contribution is 2.19. The SMILES string of the molecule is NCC(=O)NC(Cc1c[nH]c2ccccc12)C(=O)NCC(=O)O.O=C(O)C(F)(F)F. The summed E-state index contributed by atoms with van der Waals surface area (Å²) in [5.41, 5.74) is 7.02. The number of hydrogen-bond donors (Lipinski definition) is 6. The van der Waals surface area contributed by atoms with E-state index in [2.05, 4.69) is 15.6 Å². The Balaban J connectivity index is 0.000000553. The number of nitrogens with one attached hydrogen (secondary N) is 3. The second-order valence-corrected chi connectivity index (χ2v) is 5.80. The summed E-state index contributed by atoms with van der Waals surface area (Å²) in [4.78, 5) is 46.2. The number of benzene rings is 1. The number of fused-ring (bicyclic) bond motifs is 1. The van der Waals surface area contributed by atoms with Gasteiger partial charge in [0.05, 0.1) is 6.54 Å². The minimum atomic E-state index is -5.08. The third kappa shape index (κ3) is 7.79. The maximum Gasteiger partial charge on any atom is 0.490 e. The number of halogens is 3. The number of aromatic nitrogens is 1. The van der Waals surface area contributed by atoms with Crippen LogP contribution in [0.2, 0.25) is 0 Å². The van der Waals surface area contributed by atoms with E-state index in [1.807, 2.05) is 24.3 Å². The maximum atomic E-state index is 12.1. The zero-order valence-corrected chi connectivity index (χ0v) is 15.3. The number of para-hydroxylation sites is 1. The fourth-order valence-electron chi connectivity index (χ4n) is 2.27. The number of amides is 2. The number of carbonyl (C=O) groups is 4. The zero-order valence-electron chi connectivity index (χ0n) is 15.3. The molecule has 2 aromatic rings. The molecule has 1 aromatic heterocycles. The molecule has 0 aliphatic rings. The first-order chi connectivity index (χ1) is 14.0. The fourth-order valence-corrected chi connectivity index (χ4v) is 2.27. The number of aliphatic carboxylic acids is 2. The van der Waals surface area contributed by atoms with Gasteiger partial charge in [-0.25, -0.2) is 4.79 Å². The van der Waals surface area contributed by atoms with Gasteiger partial charge < -0.3 is 31.6 Å². The summed E-state index contributed by atoms with van der Waals surface area (Å²) in [6.07, 6.45) is -3.10. The van der Waals surface area contributed by atoms with Gasteiger partial charge in [0.2, 0.25) is 11.8 Å². The van der Waals surface area contributed by atoms with E-state index in [0.29, 0.717) is 0 Å². The molecule has 1 unspecified atom stereocenters. The van der Waals surface area contributed by atoms with Crippen LogP contribution in [-0.4, -0.2) is 64.3 Å². The first-order valence-corrected chi connectivity index (χ1v) is 8.29. The summed E-state index contributed by atoms with van der Waals surface area (Å²) in [6, 6.07) is 6.66. The van der Waals surface area contributed by atoms with Gasteiger partial charge >= 0.3 is 18.1 Å². The molecule has 1 atom stereocenters. The van der Waals surface area contributed by atoms with E-state index in [9.17, 15) is 27.6 Å². The number of H-pyrrole nitrogens is 1. The highest BCUT2D eigenvalue weighted by molar-refractivity contribution is 5.91. The zero-order chi connectivity index (χ0) is 22.9. The Hall–Kier alpha value is -3.61. The van der Waals surface area contributed by atoms with Gasteiger partial charge in [-0.3, -0.25) is 14.4 Å². The molecule has 0 fully saturated rings. The number of carbonyl (C=O) groups excluding carboxylic acids is 2. The van der Waals surface area contributed by atoms with Crippen molar-refractivity contribution in [2.24, 2.45) is 5.73 Å². The van der Waals surface area contributed by atoms with Crippen molar-refractivity contribution in [2.75, 3.05) is 13.1 Å². The number of nitrogens with two attached hydrogens (primary N) is 1. The van der Waals surface area contributed by atoms with Crippen molar-refractivity contribution < 1.29 is 42.6 Å². The molecule has 0 bridgehead atoms. The Morgan fingerprint density at radius 3 is 2.27 bits per heavy atom. The van der Waals surface area contributed by atoms with E-state index in [0.717, 1.165) is 16.5 Å². The number of hydrogen-bond acceptors (Lipinski definition) is 5. The van der Waals surface area contributed by atoms with Crippen molar-refractivity contribution in [1.29, 1.82) is 0 Å². The van der Waals surface area contributed by atoms with Crippen molar-refractivity contribution >= 4 is 34.7 Å². The molecule has 30 heavy (non-hydrogen) atoms. The smallest absolute Gasteiger partial charge is 0.480 e. The van der Waals surface area contributed by atoms with Gasteiger partial charge in [0.25, 0.3) is 0 Å². The van der Waals surface area contributed by atoms with E-state index in [4.69, 9.17) is 20.7 Å². The third-order valence-electron chi connectivity index (χ3n) is 3.59. The molecule has 1 aromatic carbocycles. The van der Waals surface area contributed by atoms with Crippen LogP contribution in [0.15, 0.2) is 30.5 Å². The molecule has 10 nitrogen and oxygen atoms in total. The molecule has 0 radical (unpaired) electrons. The Bertz CT molecular complexity index is 912. The first-order valence-electron chi connectivity index (χ1n) is 8.29. The van der Waals surface area contributed by atoms with Gasteiger partial charge in [0.1, 0.15) is 12.6 Å². The summed E-state index contributed by atoms with van der Waals surface area (Å²) >= 11 is 0. The number of carboxylic acids is 2. The molecule has 0 aliphatic heterocycles. The number of aromatic amines is 1. The maximum absolute atomic E-state index is 12.1. The minimum absolute atomic E-state index is 0.223. The summed E-state index contributed by atoms with van der Waals surface area (Å²) < 4.78 is 31.7. The number of carboxylic acid groups (broad SMARTS) is 2. The van der Waals surface area contributed by atoms with Crippen molar-refractivity contribution in [3.05, 3.63) is 36.0 Å². The van der Waals surface area contributed by atoms with Crippen LogP contribution in [0.4, 0.5) is 13.2 Å². The molecule has 0 aliphatic carbocycles. The topological polar surface area (TPSA) is 175 Å². The van der Waals surface area contributed by atoms with Crippen molar-refractivity contribution in [3.8, 4) is 0 Å². The van der Waals surface area contributed by atoms with Crippen molar-refractivity contribution in [2.45, 2.75) is 18.6 Å². The van der Waals surface area contributed by atoms with Crippen molar-refractivity contribution in [1.82, 2.24) is 15.6 Å². The highest BCUT2D eigenvalue weighted by atomic mass is 19.4. The lowest BCUT2D eigenvalue weighted by Gasteiger charge is -2.17. The number of rotatable bonds is 7. The van der Waals surface area contributed by atoms with Crippen LogP contribution in [0.1, 0.15) is 5.56 Å². The molecular weight excluding hydrogens is 413 g/mol. The van der Waals surface area contributed by atoms with Crippen LogP contribution >= 0.6 is 0 Å². The van der Waals surface area contributed by atoms with Crippen LogP contribution < -0.4 is 16.4 Å². The summed E-state index contributed by atoms with van der Waals surface area (Å²) in [7, 11) is 0. The Labute approximate surface area is 167 Å². The summed E-state index contributed by atoms with van der Waals surface area (Å²) in [5, 5.41) is 21.5. The van der Waals surface area contributed by atoms with Gasteiger partial charge in [-0.15, -0.1) is 0 Å². The molecule has 7 N–H and O–H groups in total. The number of alkyl halides is 3. The van der Waals surface area contributed by atoms with E-state index >= 15 is 0 Å². The molecule has 0 spiro atoms. The lowest BCUT2D eigenvalue weighted by Crippen LogP contribution is -2.50. The van der Waals surface area contributed by atoms with Crippen LogP contribution in [0.25, 0.3) is 10.9 Å². The second kappa shape index (κ2) is 10.8. The summed E-state index contributed by atoms with van der Waals surface area (Å²) in [5.74, 6) is -4.97. The largest absolute Gasteiger partial charge is 0.490 e. The monoisotopic (exact) mass is 432 g/mol. The molecule has 2 rings (SSSR count). The lowest BCUT2D eigenvalue weighted by atomic mass is 10.0.